The first-order chi connectivity index (χ1) is 15.3. The summed E-state index contributed by atoms with van der Waals surface area (Å²) in [5.41, 5.74) is -0.133. The molecule has 0 radical (unpaired) electrons. The van der Waals surface area contributed by atoms with E-state index in [1.165, 1.54) is 12.1 Å². The van der Waals surface area contributed by atoms with Crippen molar-refractivity contribution >= 4 is 22.9 Å². The Morgan fingerprint density at radius 3 is 2.62 bits per heavy atom. The predicted molar refractivity (Wildman–Crippen MR) is 108 cm³/mol. The SMILES string of the molecule is C[C@@]1(c2nnc(-c3c(Nc4ccc(C(F)(F)F)cc4)nn4ccccc34)o2)CCNC1=O. The monoisotopic (exact) mass is 442 g/mol. The lowest BCUT2D eigenvalue weighted by Crippen LogP contribution is -2.32. The highest BCUT2D eigenvalue weighted by molar-refractivity contribution is 5.89. The standard InChI is InChI=1S/C21H17F3N6O2/c1-20(9-10-25-18(20)31)19-28-27-17(32-19)15-14-4-2-3-11-30(14)29-16(15)26-13-7-5-12(6-8-13)21(22,23)24/h2-8,11H,9-10H2,1H3,(H,25,31)(H,26,29)/t20-/m1/s1. The first kappa shape index (κ1) is 20.0. The van der Waals surface area contributed by atoms with E-state index in [4.69, 9.17) is 4.42 Å². The maximum Gasteiger partial charge on any atom is 0.416 e. The average molecular weight is 442 g/mol. The number of nitrogens with one attached hydrogen (secondary N) is 2. The number of fused-ring (bicyclic) bond motifs is 1. The van der Waals surface area contributed by atoms with Crippen LogP contribution in [0.3, 0.4) is 0 Å². The van der Waals surface area contributed by atoms with Crippen LogP contribution in [-0.4, -0.2) is 32.3 Å². The van der Waals surface area contributed by atoms with Crippen molar-refractivity contribution in [2.24, 2.45) is 0 Å². The molecule has 1 saturated heterocycles. The molecule has 4 aromatic rings. The molecule has 4 heterocycles. The van der Waals surface area contributed by atoms with E-state index in [9.17, 15) is 18.0 Å². The molecule has 0 aliphatic carbocycles. The van der Waals surface area contributed by atoms with Crippen LogP contribution in [0.4, 0.5) is 24.7 Å². The third-order valence-corrected chi connectivity index (χ3v) is 5.54. The van der Waals surface area contributed by atoms with Gasteiger partial charge in [0.05, 0.1) is 11.1 Å². The number of alkyl halides is 3. The van der Waals surface area contributed by atoms with E-state index < -0.39 is 17.2 Å². The average Bonchev–Trinajstić information content (AvgIpc) is 3.45. The van der Waals surface area contributed by atoms with Crippen LogP contribution in [0.2, 0.25) is 0 Å². The van der Waals surface area contributed by atoms with E-state index in [1.54, 1.807) is 29.8 Å². The number of rotatable bonds is 4. The molecule has 0 unspecified atom stereocenters. The fourth-order valence-electron chi connectivity index (χ4n) is 3.66. The molecule has 3 aromatic heterocycles. The van der Waals surface area contributed by atoms with Crippen LogP contribution in [0.5, 0.6) is 0 Å². The summed E-state index contributed by atoms with van der Waals surface area (Å²) in [5.74, 6) is 0.484. The van der Waals surface area contributed by atoms with Crippen molar-refractivity contribution in [1.82, 2.24) is 25.1 Å². The van der Waals surface area contributed by atoms with Gasteiger partial charge in [0.1, 0.15) is 11.0 Å². The Kier molecular flexibility index (Phi) is 4.43. The molecule has 2 N–H and O–H groups in total. The second-order valence-corrected chi connectivity index (χ2v) is 7.70. The molecule has 5 rings (SSSR count). The van der Waals surface area contributed by atoms with Gasteiger partial charge in [-0.1, -0.05) is 6.07 Å². The highest BCUT2D eigenvalue weighted by Gasteiger charge is 2.44. The molecule has 0 spiro atoms. The number of carbonyl (C=O) groups is 1. The second kappa shape index (κ2) is 7.08. The quantitative estimate of drug-likeness (QED) is 0.497. The molecule has 1 aliphatic heterocycles. The number of benzene rings is 1. The zero-order valence-corrected chi connectivity index (χ0v) is 16.8. The summed E-state index contributed by atoms with van der Waals surface area (Å²) in [5, 5.41) is 18.5. The van der Waals surface area contributed by atoms with Crippen LogP contribution in [0.1, 0.15) is 24.8 Å². The number of hydrogen-bond acceptors (Lipinski definition) is 6. The predicted octanol–water partition coefficient (Wildman–Crippen LogP) is 3.92. The third-order valence-electron chi connectivity index (χ3n) is 5.54. The maximum atomic E-state index is 12.9. The van der Waals surface area contributed by atoms with Gasteiger partial charge in [0.25, 0.3) is 5.89 Å². The van der Waals surface area contributed by atoms with E-state index in [0.717, 1.165) is 12.1 Å². The number of anilines is 2. The Morgan fingerprint density at radius 1 is 1.16 bits per heavy atom. The van der Waals surface area contributed by atoms with E-state index in [1.807, 2.05) is 6.07 Å². The minimum Gasteiger partial charge on any atom is -0.419 e. The lowest BCUT2D eigenvalue weighted by molar-refractivity contribution is -0.137. The molecule has 1 atom stereocenters. The van der Waals surface area contributed by atoms with Gasteiger partial charge >= 0.3 is 6.18 Å². The van der Waals surface area contributed by atoms with E-state index in [0.29, 0.717) is 35.6 Å². The zero-order valence-electron chi connectivity index (χ0n) is 16.8. The van der Waals surface area contributed by atoms with E-state index in [-0.39, 0.29) is 17.7 Å². The molecule has 8 nitrogen and oxygen atoms in total. The first-order valence-electron chi connectivity index (χ1n) is 9.80. The fraction of sp³-hybridized carbons (Fsp3) is 0.238. The highest BCUT2D eigenvalue weighted by Crippen LogP contribution is 2.37. The number of nitrogens with zero attached hydrogens (tertiary/aromatic N) is 4. The minimum absolute atomic E-state index is 0.150. The molecule has 1 amide bonds. The number of amides is 1. The van der Waals surface area contributed by atoms with Gasteiger partial charge in [0.2, 0.25) is 11.8 Å². The lowest BCUT2D eigenvalue weighted by Gasteiger charge is -2.14. The Balaban J connectivity index is 1.55. The largest absolute Gasteiger partial charge is 0.419 e. The molecule has 164 valence electrons. The van der Waals surface area contributed by atoms with Crippen molar-refractivity contribution in [3.8, 4) is 11.5 Å². The number of carbonyl (C=O) groups excluding carboxylic acids is 1. The van der Waals surface area contributed by atoms with Crippen molar-refractivity contribution in [2.45, 2.75) is 24.9 Å². The van der Waals surface area contributed by atoms with Gasteiger partial charge in [-0.15, -0.1) is 15.3 Å². The topological polar surface area (TPSA) is 97.3 Å². The van der Waals surface area contributed by atoms with Gasteiger partial charge in [-0.3, -0.25) is 4.79 Å². The molecule has 1 aromatic carbocycles. The van der Waals surface area contributed by atoms with Crippen molar-refractivity contribution in [3.05, 3.63) is 60.1 Å². The zero-order chi connectivity index (χ0) is 22.5. The summed E-state index contributed by atoms with van der Waals surface area (Å²) in [4.78, 5) is 12.3. The summed E-state index contributed by atoms with van der Waals surface area (Å²) in [6.45, 7) is 2.26. The van der Waals surface area contributed by atoms with Gasteiger partial charge in [-0.2, -0.15) is 13.2 Å². The molecule has 0 saturated carbocycles. The molecule has 11 heteroatoms. The van der Waals surface area contributed by atoms with Crippen molar-refractivity contribution in [3.63, 3.8) is 0 Å². The minimum atomic E-state index is -4.42. The van der Waals surface area contributed by atoms with Crippen LogP contribution < -0.4 is 10.6 Å². The van der Waals surface area contributed by atoms with Crippen molar-refractivity contribution < 1.29 is 22.4 Å². The highest BCUT2D eigenvalue weighted by atomic mass is 19.4. The summed E-state index contributed by atoms with van der Waals surface area (Å²) in [7, 11) is 0. The number of hydrogen-bond donors (Lipinski definition) is 2. The first-order valence-corrected chi connectivity index (χ1v) is 9.80. The van der Waals surface area contributed by atoms with Crippen LogP contribution in [0.25, 0.3) is 17.0 Å². The van der Waals surface area contributed by atoms with Crippen LogP contribution in [0.15, 0.2) is 53.1 Å². The normalized spacial score (nSPS) is 18.8. The number of aromatic nitrogens is 4. The Hall–Kier alpha value is -3.89. The summed E-state index contributed by atoms with van der Waals surface area (Å²) < 4.78 is 46.1. The van der Waals surface area contributed by atoms with Crippen LogP contribution in [0, 0.1) is 0 Å². The molecular formula is C21H17F3N6O2. The summed E-state index contributed by atoms with van der Waals surface area (Å²) in [6.07, 6.45) is -2.17. The smallest absolute Gasteiger partial charge is 0.416 e. The Labute approximate surface area is 179 Å². The van der Waals surface area contributed by atoms with Gasteiger partial charge in [-0.25, -0.2) is 4.52 Å². The van der Waals surface area contributed by atoms with E-state index >= 15 is 0 Å². The Bertz CT molecular complexity index is 1310. The fourth-order valence-corrected chi connectivity index (χ4v) is 3.66. The maximum absolute atomic E-state index is 12.9. The third kappa shape index (κ3) is 3.26. The van der Waals surface area contributed by atoms with Gasteiger partial charge in [0.15, 0.2) is 5.82 Å². The van der Waals surface area contributed by atoms with Gasteiger partial charge < -0.3 is 15.1 Å². The lowest BCUT2D eigenvalue weighted by atomic mass is 9.89. The van der Waals surface area contributed by atoms with Crippen molar-refractivity contribution in [2.75, 3.05) is 11.9 Å². The summed E-state index contributed by atoms with van der Waals surface area (Å²) in [6, 6.07) is 10.0. The molecular weight excluding hydrogens is 425 g/mol. The van der Waals surface area contributed by atoms with Gasteiger partial charge in [0, 0.05) is 18.4 Å². The Morgan fingerprint density at radius 2 is 1.94 bits per heavy atom. The molecule has 0 bridgehead atoms. The number of halogens is 3. The van der Waals surface area contributed by atoms with Gasteiger partial charge in [-0.05, 0) is 49.7 Å². The van der Waals surface area contributed by atoms with E-state index in [2.05, 4.69) is 25.9 Å². The van der Waals surface area contributed by atoms with Crippen LogP contribution >= 0.6 is 0 Å². The molecule has 1 fully saturated rings. The number of pyridine rings is 1. The molecule has 32 heavy (non-hydrogen) atoms. The summed E-state index contributed by atoms with van der Waals surface area (Å²) >= 11 is 0. The van der Waals surface area contributed by atoms with Crippen LogP contribution in [-0.2, 0) is 16.4 Å². The second-order valence-electron chi connectivity index (χ2n) is 7.70. The molecule has 1 aliphatic rings. The van der Waals surface area contributed by atoms with Crippen molar-refractivity contribution in [1.29, 1.82) is 0 Å².